The van der Waals surface area contributed by atoms with Gasteiger partial charge in [-0.3, -0.25) is 4.79 Å². The Morgan fingerprint density at radius 2 is 2.58 bits per heavy atom. The minimum absolute atomic E-state index is 0.148. The van der Waals surface area contributed by atoms with Crippen LogP contribution < -0.4 is 5.73 Å². The predicted octanol–water partition coefficient (Wildman–Crippen LogP) is 0.549. The van der Waals surface area contributed by atoms with E-state index >= 15 is 0 Å². The molecule has 64 valence electrons. The van der Waals surface area contributed by atoms with Crippen molar-refractivity contribution in [2.75, 3.05) is 0 Å². The number of nitrogens with two attached hydrogens (primary N) is 1. The lowest BCUT2D eigenvalue weighted by Gasteiger charge is -2.01. The van der Waals surface area contributed by atoms with E-state index in [4.69, 9.17) is 15.3 Å². The molecule has 1 heterocycles. The summed E-state index contributed by atoms with van der Waals surface area (Å²) in [6.45, 7) is 0. The van der Waals surface area contributed by atoms with Crippen molar-refractivity contribution < 1.29 is 14.3 Å². The minimum Gasteiger partial charge on any atom is -0.480 e. The van der Waals surface area contributed by atoms with Crippen LogP contribution in [0, 0.1) is 0 Å². The predicted molar refractivity (Wildman–Crippen MR) is 40.6 cm³/mol. The number of carboxylic acid groups (broad SMARTS) is 1. The lowest BCUT2D eigenvalue weighted by atomic mass is 10.2. The summed E-state index contributed by atoms with van der Waals surface area (Å²) in [6.07, 6.45) is 1.99. The quantitative estimate of drug-likeness (QED) is 0.674. The molecule has 12 heavy (non-hydrogen) atoms. The topological polar surface area (TPSA) is 76.5 Å². The van der Waals surface area contributed by atoms with Crippen LogP contribution in [-0.2, 0) is 4.79 Å². The average molecular weight is 167 g/mol. The van der Waals surface area contributed by atoms with E-state index in [1.165, 1.54) is 6.26 Å². The Morgan fingerprint density at radius 3 is 3.00 bits per heavy atom. The van der Waals surface area contributed by atoms with Gasteiger partial charge in [-0.2, -0.15) is 0 Å². The van der Waals surface area contributed by atoms with E-state index < -0.39 is 11.5 Å². The van der Waals surface area contributed by atoms with Gasteiger partial charge in [0.25, 0.3) is 0 Å². The first kappa shape index (κ1) is 7.36. The van der Waals surface area contributed by atoms with Crippen molar-refractivity contribution in [2.24, 2.45) is 5.73 Å². The average Bonchev–Trinajstić information content (AvgIpc) is 2.49. The summed E-state index contributed by atoms with van der Waals surface area (Å²) in [7, 11) is 0. The molecule has 1 aromatic heterocycles. The third-order valence-corrected chi connectivity index (χ3v) is 2.29. The summed E-state index contributed by atoms with van der Waals surface area (Å²) >= 11 is 0. The molecule has 3 N–H and O–H groups in total. The molecule has 1 aliphatic carbocycles. The smallest absolute Gasteiger partial charge is 0.324 e. The van der Waals surface area contributed by atoms with Gasteiger partial charge in [0.1, 0.15) is 11.3 Å². The fourth-order valence-electron chi connectivity index (χ4n) is 1.36. The Hall–Kier alpha value is -1.29. The Bertz CT molecular complexity index is 306. The number of carboxylic acids is 1. The molecule has 0 saturated heterocycles. The molecule has 0 bridgehead atoms. The highest BCUT2D eigenvalue weighted by Gasteiger charge is 2.59. The van der Waals surface area contributed by atoms with Crippen molar-refractivity contribution in [2.45, 2.75) is 17.9 Å². The molecule has 1 aromatic rings. The Balaban J connectivity index is 2.19. The maximum atomic E-state index is 10.6. The zero-order chi connectivity index (χ0) is 8.77. The Labute approximate surface area is 69.0 Å². The summed E-state index contributed by atoms with van der Waals surface area (Å²) in [5.41, 5.74) is 4.48. The summed E-state index contributed by atoms with van der Waals surface area (Å²) in [6, 6.07) is 3.48. The normalized spacial score (nSPS) is 33.2. The zero-order valence-corrected chi connectivity index (χ0v) is 6.36. The van der Waals surface area contributed by atoms with Gasteiger partial charge in [-0.15, -0.1) is 0 Å². The molecule has 0 amide bonds. The highest BCUT2D eigenvalue weighted by atomic mass is 16.4. The lowest BCUT2D eigenvalue weighted by molar-refractivity contribution is -0.139. The van der Waals surface area contributed by atoms with Crippen LogP contribution in [-0.4, -0.2) is 16.6 Å². The van der Waals surface area contributed by atoms with Crippen LogP contribution >= 0.6 is 0 Å². The zero-order valence-electron chi connectivity index (χ0n) is 6.36. The van der Waals surface area contributed by atoms with E-state index in [0.717, 1.165) is 0 Å². The largest absolute Gasteiger partial charge is 0.480 e. The van der Waals surface area contributed by atoms with E-state index in [1.54, 1.807) is 12.1 Å². The fraction of sp³-hybridized carbons (Fsp3) is 0.375. The molecule has 1 saturated carbocycles. The lowest BCUT2D eigenvalue weighted by Crippen LogP contribution is -2.34. The SMILES string of the molecule is N[C@@]1(C(=O)O)C[C@@H]1c1ccco1. The molecule has 2 atom stereocenters. The maximum absolute atomic E-state index is 10.6. The van der Waals surface area contributed by atoms with Gasteiger partial charge in [-0.05, 0) is 18.6 Å². The second kappa shape index (κ2) is 2.10. The number of hydrogen-bond donors (Lipinski definition) is 2. The van der Waals surface area contributed by atoms with Crippen molar-refractivity contribution in [3.8, 4) is 0 Å². The summed E-state index contributed by atoms with van der Waals surface area (Å²) in [4.78, 5) is 10.6. The number of aliphatic carboxylic acids is 1. The molecule has 0 aromatic carbocycles. The van der Waals surface area contributed by atoms with Gasteiger partial charge in [0.2, 0.25) is 0 Å². The van der Waals surface area contributed by atoms with Gasteiger partial charge in [0.05, 0.1) is 6.26 Å². The first-order valence-corrected chi connectivity index (χ1v) is 3.70. The van der Waals surface area contributed by atoms with E-state index in [9.17, 15) is 4.79 Å². The van der Waals surface area contributed by atoms with Crippen LogP contribution in [0.1, 0.15) is 18.1 Å². The molecular weight excluding hydrogens is 158 g/mol. The molecule has 1 aliphatic rings. The highest BCUT2D eigenvalue weighted by Crippen LogP contribution is 2.49. The monoisotopic (exact) mass is 167 g/mol. The van der Waals surface area contributed by atoms with Gasteiger partial charge >= 0.3 is 5.97 Å². The van der Waals surface area contributed by atoms with Crippen molar-refractivity contribution in [1.29, 1.82) is 0 Å². The van der Waals surface area contributed by atoms with E-state index in [0.29, 0.717) is 12.2 Å². The summed E-state index contributed by atoms with van der Waals surface area (Å²) in [5, 5.41) is 8.72. The molecule has 4 heteroatoms. The summed E-state index contributed by atoms with van der Waals surface area (Å²) < 4.78 is 5.06. The standard InChI is InChI=1S/C8H9NO3/c9-8(7(10)11)4-5(8)6-2-1-3-12-6/h1-3,5H,4,9H2,(H,10,11)/t5-,8+/m1/s1. The minimum atomic E-state index is -1.09. The first-order chi connectivity index (χ1) is 5.64. The number of carbonyl (C=O) groups is 1. The molecule has 0 unspecified atom stereocenters. The van der Waals surface area contributed by atoms with Crippen LogP contribution in [0.3, 0.4) is 0 Å². The molecule has 0 aliphatic heterocycles. The first-order valence-electron chi connectivity index (χ1n) is 3.70. The maximum Gasteiger partial charge on any atom is 0.324 e. The molecule has 2 rings (SSSR count). The third kappa shape index (κ3) is 0.848. The van der Waals surface area contributed by atoms with Gasteiger partial charge in [0, 0.05) is 5.92 Å². The number of rotatable bonds is 2. The van der Waals surface area contributed by atoms with Gasteiger partial charge < -0.3 is 15.3 Å². The van der Waals surface area contributed by atoms with E-state index in [1.807, 2.05) is 0 Å². The molecule has 1 fully saturated rings. The van der Waals surface area contributed by atoms with Crippen LogP contribution in [0.15, 0.2) is 22.8 Å². The number of hydrogen-bond acceptors (Lipinski definition) is 3. The van der Waals surface area contributed by atoms with E-state index in [-0.39, 0.29) is 5.92 Å². The second-order valence-electron chi connectivity index (χ2n) is 3.12. The molecule has 0 spiro atoms. The van der Waals surface area contributed by atoms with Gasteiger partial charge in [-0.25, -0.2) is 0 Å². The molecule has 0 radical (unpaired) electrons. The van der Waals surface area contributed by atoms with Gasteiger partial charge in [0.15, 0.2) is 0 Å². The molecular formula is C8H9NO3. The van der Waals surface area contributed by atoms with Crippen molar-refractivity contribution in [3.05, 3.63) is 24.2 Å². The Kier molecular flexibility index (Phi) is 1.29. The van der Waals surface area contributed by atoms with Crippen molar-refractivity contribution in [1.82, 2.24) is 0 Å². The van der Waals surface area contributed by atoms with Crippen LogP contribution in [0.2, 0.25) is 0 Å². The summed E-state index contributed by atoms with van der Waals surface area (Å²) in [5.74, 6) is -0.436. The van der Waals surface area contributed by atoms with Crippen LogP contribution in [0.4, 0.5) is 0 Å². The molecule has 4 nitrogen and oxygen atoms in total. The van der Waals surface area contributed by atoms with Crippen LogP contribution in [0.25, 0.3) is 0 Å². The number of furan rings is 1. The second-order valence-corrected chi connectivity index (χ2v) is 3.12. The third-order valence-electron chi connectivity index (χ3n) is 2.29. The van der Waals surface area contributed by atoms with Crippen molar-refractivity contribution in [3.63, 3.8) is 0 Å². The highest BCUT2D eigenvalue weighted by molar-refractivity contribution is 5.84. The Morgan fingerprint density at radius 1 is 1.83 bits per heavy atom. The van der Waals surface area contributed by atoms with E-state index in [2.05, 4.69) is 0 Å². The van der Waals surface area contributed by atoms with Crippen molar-refractivity contribution >= 4 is 5.97 Å². The fourth-order valence-corrected chi connectivity index (χ4v) is 1.36. The van der Waals surface area contributed by atoms with Crippen LogP contribution in [0.5, 0.6) is 0 Å². The van der Waals surface area contributed by atoms with Gasteiger partial charge in [-0.1, -0.05) is 0 Å².